The molecule has 1 saturated heterocycles. The van der Waals surface area contributed by atoms with E-state index < -0.39 is 0 Å². The summed E-state index contributed by atoms with van der Waals surface area (Å²) in [7, 11) is 0. The van der Waals surface area contributed by atoms with Crippen LogP contribution in [0, 0.1) is 0 Å². The quantitative estimate of drug-likeness (QED) is 0.584. The Labute approximate surface area is 98.6 Å². The summed E-state index contributed by atoms with van der Waals surface area (Å²) in [6.45, 7) is 0. The van der Waals surface area contributed by atoms with E-state index in [0.29, 0.717) is 4.58 Å². The van der Waals surface area contributed by atoms with Crippen molar-refractivity contribution in [2.45, 2.75) is 15.9 Å². The minimum Gasteiger partial charge on any atom is -0.399 e. The average Bonchev–Trinajstić information content (AvgIpc) is 2.23. The fourth-order valence-corrected chi connectivity index (χ4v) is 4.82. The Morgan fingerprint density at radius 2 is 2.00 bits per heavy atom. The monoisotopic (exact) mass is 243 g/mol. The number of nitrogens with two attached hydrogens (primary N) is 1. The summed E-state index contributed by atoms with van der Waals surface area (Å²) >= 11 is 8.47. The number of thiol groups is 1. The maximum atomic E-state index is 5.78. The molecule has 1 heterocycles. The molecule has 0 radical (unpaired) electrons. The third-order valence-electron chi connectivity index (χ3n) is 2.13. The Morgan fingerprint density at radius 3 is 2.71 bits per heavy atom. The molecule has 1 aromatic carbocycles. The Kier molecular flexibility index (Phi) is 3.57. The summed E-state index contributed by atoms with van der Waals surface area (Å²) in [6.07, 6.45) is 1.32. The minimum atomic E-state index is 0.528. The Hall–Kier alpha value is 0.0700. The van der Waals surface area contributed by atoms with Gasteiger partial charge in [0, 0.05) is 10.6 Å². The van der Waals surface area contributed by atoms with Crippen LogP contribution in [0.15, 0.2) is 23.1 Å². The van der Waals surface area contributed by atoms with Crippen LogP contribution in [-0.4, -0.2) is 11.5 Å². The van der Waals surface area contributed by atoms with Gasteiger partial charge in [0.25, 0.3) is 0 Å². The van der Waals surface area contributed by atoms with Crippen LogP contribution in [0.4, 0.5) is 5.69 Å². The standard InChI is InChI=1S/C10H13NS3/c11-7-2-3-9(12)8(6-7)10-13-4-1-5-14-10/h2-3,6,10,12H,1,4-5,11H2. The van der Waals surface area contributed by atoms with Crippen LogP contribution in [0.2, 0.25) is 0 Å². The lowest BCUT2D eigenvalue weighted by Gasteiger charge is -2.22. The fourth-order valence-electron chi connectivity index (χ4n) is 1.43. The summed E-state index contributed by atoms with van der Waals surface area (Å²) in [6, 6.07) is 5.95. The molecule has 1 aromatic rings. The van der Waals surface area contributed by atoms with Crippen LogP contribution in [0.5, 0.6) is 0 Å². The molecule has 0 bridgehead atoms. The first kappa shape index (κ1) is 10.6. The number of anilines is 1. The van der Waals surface area contributed by atoms with Crippen molar-refractivity contribution in [1.29, 1.82) is 0 Å². The topological polar surface area (TPSA) is 26.0 Å². The van der Waals surface area contributed by atoms with Gasteiger partial charge < -0.3 is 5.73 Å². The van der Waals surface area contributed by atoms with Gasteiger partial charge in [0.1, 0.15) is 0 Å². The van der Waals surface area contributed by atoms with Crippen molar-refractivity contribution in [3.63, 3.8) is 0 Å². The van der Waals surface area contributed by atoms with Gasteiger partial charge in [-0.3, -0.25) is 0 Å². The van der Waals surface area contributed by atoms with Crippen LogP contribution in [0.1, 0.15) is 16.6 Å². The molecule has 0 saturated carbocycles. The molecule has 0 spiro atoms. The lowest BCUT2D eigenvalue weighted by atomic mass is 10.2. The van der Waals surface area contributed by atoms with E-state index in [1.165, 1.54) is 23.5 Å². The van der Waals surface area contributed by atoms with E-state index in [1.54, 1.807) is 0 Å². The molecule has 0 amide bonds. The molecule has 14 heavy (non-hydrogen) atoms. The Morgan fingerprint density at radius 1 is 1.29 bits per heavy atom. The Bertz CT molecular complexity index is 321. The molecule has 0 aliphatic carbocycles. The van der Waals surface area contributed by atoms with Crippen LogP contribution in [-0.2, 0) is 0 Å². The first-order valence-corrected chi connectivity index (χ1v) is 7.13. The molecule has 2 rings (SSSR count). The zero-order valence-electron chi connectivity index (χ0n) is 7.77. The van der Waals surface area contributed by atoms with Gasteiger partial charge in [-0.05, 0) is 41.7 Å². The average molecular weight is 243 g/mol. The van der Waals surface area contributed by atoms with Gasteiger partial charge in [0.05, 0.1) is 4.58 Å². The van der Waals surface area contributed by atoms with Crippen LogP contribution in [0.3, 0.4) is 0 Å². The molecule has 2 N–H and O–H groups in total. The highest BCUT2D eigenvalue weighted by atomic mass is 32.2. The SMILES string of the molecule is Nc1ccc(S)c(C2SCCCS2)c1. The van der Waals surface area contributed by atoms with E-state index in [-0.39, 0.29) is 0 Å². The van der Waals surface area contributed by atoms with Gasteiger partial charge >= 0.3 is 0 Å². The van der Waals surface area contributed by atoms with Gasteiger partial charge in [0.15, 0.2) is 0 Å². The van der Waals surface area contributed by atoms with Gasteiger partial charge in [-0.25, -0.2) is 0 Å². The molecular weight excluding hydrogens is 230 g/mol. The van der Waals surface area contributed by atoms with Crippen molar-refractivity contribution in [2.24, 2.45) is 0 Å². The lowest BCUT2D eigenvalue weighted by molar-refractivity contribution is 1.09. The van der Waals surface area contributed by atoms with Crippen molar-refractivity contribution >= 4 is 41.8 Å². The summed E-state index contributed by atoms with van der Waals surface area (Å²) in [5, 5.41) is 0. The van der Waals surface area contributed by atoms with Crippen LogP contribution >= 0.6 is 36.2 Å². The largest absolute Gasteiger partial charge is 0.399 e. The third kappa shape index (κ3) is 2.35. The maximum Gasteiger partial charge on any atom is 0.0762 e. The van der Waals surface area contributed by atoms with Crippen molar-refractivity contribution in [3.05, 3.63) is 23.8 Å². The van der Waals surface area contributed by atoms with Crippen molar-refractivity contribution < 1.29 is 0 Å². The maximum absolute atomic E-state index is 5.78. The summed E-state index contributed by atoms with van der Waals surface area (Å²) in [5.41, 5.74) is 7.90. The second-order valence-electron chi connectivity index (χ2n) is 3.25. The van der Waals surface area contributed by atoms with E-state index in [2.05, 4.69) is 18.7 Å². The number of thioether (sulfide) groups is 2. The minimum absolute atomic E-state index is 0.528. The summed E-state index contributed by atoms with van der Waals surface area (Å²) < 4.78 is 0.528. The number of hydrogen-bond acceptors (Lipinski definition) is 4. The highest BCUT2D eigenvalue weighted by molar-refractivity contribution is 8.16. The van der Waals surface area contributed by atoms with Crippen LogP contribution in [0.25, 0.3) is 0 Å². The first-order chi connectivity index (χ1) is 6.77. The Balaban J connectivity index is 2.24. The normalized spacial score (nSPS) is 18.4. The molecular formula is C10H13NS3. The first-order valence-electron chi connectivity index (χ1n) is 4.59. The van der Waals surface area contributed by atoms with E-state index >= 15 is 0 Å². The lowest BCUT2D eigenvalue weighted by Crippen LogP contribution is -2.01. The molecule has 1 fully saturated rings. The van der Waals surface area contributed by atoms with Gasteiger partial charge in [-0.1, -0.05) is 0 Å². The van der Waals surface area contributed by atoms with Gasteiger partial charge in [0.2, 0.25) is 0 Å². The van der Waals surface area contributed by atoms with Crippen molar-refractivity contribution in [2.75, 3.05) is 17.2 Å². The molecule has 4 heteroatoms. The molecule has 1 aliphatic rings. The highest BCUT2D eigenvalue weighted by Gasteiger charge is 2.18. The van der Waals surface area contributed by atoms with Gasteiger partial charge in [-0.2, -0.15) is 0 Å². The second-order valence-corrected chi connectivity index (χ2v) is 6.45. The number of rotatable bonds is 1. The second kappa shape index (κ2) is 4.73. The van der Waals surface area contributed by atoms with Crippen LogP contribution < -0.4 is 5.73 Å². The smallest absolute Gasteiger partial charge is 0.0762 e. The summed E-state index contributed by atoms with van der Waals surface area (Å²) in [4.78, 5) is 1.06. The predicted octanol–water partition coefficient (Wildman–Crippen LogP) is 3.43. The van der Waals surface area contributed by atoms with E-state index in [1.807, 2.05) is 35.7 Å². The fraction of sp³-hybridized carbons (Fsp3) is 0.400. The number of nitrogen functional groups attached to an aromatic ring is 1. The third-order valence-corrected chi connectivity index (χ3v) is 5.52. The number of hydrogen-bond donors (Lipinski definition) is 2. The summed E-state index contributed by atoms with van der Waals surface area (Å²) in [5.74, 6) is 2.50. The van der Waals surface area contributed by atoms with E-state index in [9.17, 15) is 0 Å². The molecule has 76 valence electrons. The molecule has 0 aromatic heterocycles. The van der Waals surface area contributed by atoms with E-state index in [4.69, 9.17) is 5.73 Å². The molecule has 1 nitrogen and oxygen atoms in total. The van der Waals surface area contributed by atoms with Crippen molar-refractivity contribution in [1.82, 2.24) is 0 Å². The molecule has 0 unspecified atom stereocenters. The van der Waals surface area contributed by atoms with Crippen molar-refractivity contribution in [3.8, 4) is 0 Å². The number of benzene rings is 1. The molecule has 1 aliphatic heterocycles. The highest BCUT2D eigenvalue weighted by Crippen LogP contribution is 2.45. The molecule has 0 atom stereocenters. The van der Waals surface area contributed by atoms with Gasteiger partial charge in [-0.15, -0.1) is 36.2 Å². The van der Waals surface area contributed by atoms with E-state index in [0.717, 1.165) is 10.6 Å². The zero-order chi connectivity index (χ0) is 9.97. The predicted molar refractivity (Wildman–Crippen MR) is 70.4 cm³/mol. The zero-order valence-corrected chi connectivity index (χ0v) is 10.3.